The molecule has 7 heteroatoms. The van der Waals surface area contributed by atoms with E-state index in [1.165, 1.54) is 0 Å². The van der Waals surface area contributed by atoms with Gasteiger partial charge in [-0.25, -0.2) is 0 Å². The average molecular weight is 414 g/mol. The highest BCUT2D eigenvalue weighted by Gasteiger charge is 2.20. The van der Waals surface area contributed by atoms with E-state index in [0.29, 0.717) is 25.4 Å². The molecule has 7 nitrogen and oxygen atoms in total. The van der Waals surface area contributed by atoms with E-state index in [4.69, 9.17) is 9.47 Å². The molecule has 162 valence electrons. The number of methoxy groups -OCH3 is 1. The van der Waals surface area contributed by atoms with Crippen molar-refractivity contribution in [2.75, 3.05) is 39.2 Å². The van der Waals surface area contributed by atoms with Gasteiger partial charge < -0.3 is 20.1 Å². The second-order valence-electron chi connectivity index (χ2n) is 7.08. The fraction of sp³-hybridized carbons (Fsp3) is 0.391. The summed E-state index contributed by atoms with van der Waals surface area (Å²) in [6, 6.07) is 16.7. The summed E-state index contributed by atoms with van der Waals surface area (Å²) in [5, 5.41) is 5.69. The summed E-state index contributed by atoms with van der Waals surface area (Å²) in [5.74, 6) is 0.433. The summed E-state index contributed by atoms with van der Waals surface area (Å²) >= 11 is 0. The molecule has 0 saturated heterocycles. The minimum absolute atomic E-state index is 0.117. The predicted molar refractivity (Wildman–Crippen MR) is 117 cm³/mol. The van der Waals surface area contributed by atoms with Crippen molar-refractivity contribution in [3.8, 4) is 5.75 Å². The Bertz CT molecular complexity index is 781. The molecule has 0 spiro atoms. The van der Waals surface area contributed by atoms with Crippen molar-refractivity contribution in [2.24, 2.45) is 0 Å². The Balaban J connectivity index is 1.76. The Kier molecular flexibility index (Phi) is 9.83. The highest BCUT2D eigenvalue weighted by Crippen LogP contribution is 2.17. The first-order valence-electron chi connectivity index (χ1n) is 10.0. The van der Waals surface area contributed by atoms with Gasteiger partial charge in [0.2, 0.25) is 11.8 Å². The zero-order valence-corrected chi connectivity index (χ0v) is 17.9. The van der Waals surface area contributed by atoms with Gasteiger partial charge >= 0.3 is 0 Å². The highest BCUT2D eigenvalue weighted by atomic mass is 16.5. The molecule has 2 rings (SSSR count). The number of hydrogen-bond acceptors (Lipinski definition) is 5. The van der Waals surface area contributed by atoms with Crippen LogP contribution in [-0.4, -0.2) is 56.6 Å². The van der Waals surface area contributed by atoms with Crippen molar-refractivity contribution < 1.29 is 19.1 Å². The highest BCUT2D eigenvalue weighted by molar-refractivity contribution is 5.95. The van der Waals surface area contributed by atoms with E-state index in [2.05, 4.69) is 10.6 Å². The standard InChI is InChI=1S/C23H31N3O4/c1-18(26(2)16-22(27)24-14-7-15-29-3)23(28)25-20-10-12-21(13-11-20)30-17-19-8-5-4-6-9-19/h4-6,8-13,18H,7,14-17H2,1-3H3,(H,24,27)(H,25,28). The van der Waals surface area contributed by atoms with Gasteiger partial charge in [-0.05, 0) is 50.2 Å². The molecule has 1 atom stereocenters. The molecule has 2 aromatic rings. The molecule has 2 amide bonds. The summed E-state index contributed by atoms with van der Waals surface area (Å²) < 4.78 is 10.7. The van der Waals surface area contributed by atoms with E-state index in [9.17, 15) is 9.59 Å². The molecule has 0 bridgehead atoms. The van der Waals surface area contributed by atoms with E-state index >= 15 is 0 Å². The van der Waals surface area contributed by atoms with Crippen molar-refractivity contribution >= 4 is 17.5 Å². The van der Waals surface area contributed by atoms with Crippen LogP contribution in [0.4, 0.5) is 5.69 Å². The summed E-state index contributed by atoms with van der Waals surface area (Å²) in [7, 11) is 3.38. The molecule has 0 aliphatic rings. The fourth-order valence-corrected chi connectivity index (χ4v) is 2.69. The third-order valence-electron chi connectivity index (χ3n) is 4.65. The number of hydrogen-bond donors (Lipinski definition) is 2. The Hall–Kier alpha value is -2.90. The van der Waals surface area contributed by atoms with Crippen molar-refractivity contribution in [2.45, 2.75) is 26.0 Å². The zero-order chi connectivity index (χ0) is 21.8. The third-order valence-corrected chi connectivity index (χ3v) is 4.65. The monoisotopic (exact) mass is 413 g/mol. The molecular weight excluding hydrogens is 382 g/mol. The van der Waals surface area contributed by atoms with Crippen LogP contribution < -0.4 is 15.4 Å². The second kappa shape index (κ2) is 12.6. The van der Waals surface area contributed by atoms with Gasteiger partial charge in [-0.2, -0.15) is 0 Å². The van der Waals surface area contributed by atoms with Gasteiger partial charge in [-0.3, -0.25) is 14.5 Å². The van der Waals surface area contributed by atoms with Crippen molar-refractivity contribution in [3.05, 3.63) is 60.2 Å². The van der Waals surface area contributed by atoms with Crippen LogP contribution in [-0.2, 0) is 20.9 Å². The summed E-state index contributed by atoms with van der Waals surface area (Å²) in [4.78, 5) is 26.2. The number of likely N-dealkylation sites (N-methyl/N-ethyl adjacent to an activating group) is 1. The smallest absolute Gasteiger partial charge is 0.241 e. The Morgan fingerprint density at radius 1 is 1.07 bits per heavy atom. The second-order valence-corrected chi connectivity index (χ2v) is 7.08. The van der Waals surface area contributed by atoms with Crippen molar-refractivity contribution in [1.82, 2.24) is 10.2 Å². The molecule has 0 aliphatic carbocycles. The summed E-state index contributed by atoms with van der Waals surface area (Å²) in [6.07, 6.45) is 0.757. The van der Waals surface area contributed by atoms with Gasteiger partial charge in [0.1, 0.15) is 12.4 Å². The maximum absolute atomic E-state index is 12.5. The predicted octanol–water partition coefficient (Wildman–Crippen LogP) is 2.68. The minimum Gasteiger partial charge on any atom is -0.489 e. The number of carbonyl (C=O) groups excluding carboxylic acids is 2. The Morgan fingerprint density at radius 3 is 2.43 bits per heavy atom. The Labute approximate surface area is 178 Å². The average Bonchev–Trinajstić information content (AvgIpc) is 2.76. The van der Waals surface area contributed by atoms with Gasteiger partial charge in [-0.15, -0.1) is 0 Å². The molecule has 0 heterocycles. The van der Waals surface area contributed by atoms with Gasteiger partial charge in [-0.1, -0.05) is 30.3 Å². The zero-order valence-electron chi connectivity index (χ0n) is 17.9. The lowest BCUT2D eigenvalue weighted by Gasteiger charge is -2.23. The first-order chi connectivity index (χ1) is 14.5. The molecular formula is C23H31N3O4. The molecule has 2 N–H and O–H groups in total. The SMILES string of the molecule is COCCCNC(=O)CN(C)C(C)C(=O)Nc1ccc(OCc2ccccc2)cc1. The molecule has 0 aliphatic heterocycles. The molecule has 0 saturated carbocycles. The molecule has 0 aromatic heterocycles. The van der Waals surface area contributed by atoms with Crippen LogP contribution in [0, 0.1) is 0 Å². The number of carbonyl (C=O) groups is 2. The lowest BCUT2D eigenvalue weighted by molar-refractivity contribution is -0.124. The first kappa shape index (κ1) is 23.4. The number of anilines is 1. The third kappa shape index (κ3) is 8.23. The normalized spacial score (nSPS) is 11.7. The van der Waals surface area contributed by atoms with Crippen LogP contribution in [0.2, 0.25) is 0 Å². The number of ether oxygens (including phenoxy) is 2. The van der Waals surface area contributed by atoms with Crippen LogP contribution in [0.15, 0.2) is 54.6 Å². The van der Waals surface area contributed by atoms with Crippen molar-refractivity contribution in [1.29, 1.82) is 0 Å². The van der Waals surface area contributed by atoms with Gasteiger partial charge in [0.15, 0.2) is 0 Å². The van der Waals surface area contributed by atoms with Crippen molar-refractivity contribution in [3.63, 3.8) is 0 Å². The van der Waals surface area contributed by atoms with Crippen LogP contribution >= 0.6 is 0 Å². The molecule has 0 fully saturated rings. The summed E-state index contributed by atoms with van der Waals surface area (Å²) in [6.45, 7) is 3.56. The van der Waals surface area contributed by atoms with E-state index in [1.54, 1.807) is 38.1 Å². The van der Waals surface area contributed by atoms with Gasteiger partial charge in [0.25, 0.3) is 0 Å². The molecule has 2 aromatic carbocycles. The van der Waals surface area contributed by atoms with E-state index < -0.39 is 6.04 Å². The van der Waals surface area contributed by atoms with E-state index in [-0.39, 0.29) is 18.4 Å². The quantitative estimate of drug-likeness (QED) is 0.523. The summed E-state index contributed by atoms with van der Waals surface area (Å²) in [5.41, 5.74) is 1.77. The lowest BCUT2D eigenvalue weighted by atomic mass is 10.2. The molecule has 0 radical (unpaired) electrons. The van der Waals surface area contributed by atoms with Crippen LogP contribution in [0.1, 0.15) is 18.9 Å². The van der Waals surface area contributed by atoms with Crippen LogP contribution in [0.3, 0.4) is 0 Å². The minimum atomic E-state index is -0.455. The number of amides is 2. The van der Waals surface area contributed by atoms with Gasteiger partial charge in [0, 0.05) is 25.9 Å². The Morgan fingerprint density at radius 2 is 1.77 bits per heavy atom. The number of benzene rings is 2. The maximum atomic E-state index is 12.5. The van der Waals surface area contributed by atoms with Gasteiger partial charge in [0.05, 0.1) is 12.6 Å². The number of rotatable bonds is 12. The van der Waals surface area contributed by atoms with E-state index in [0.717, 1.165) is 17.7 Å². The van der Waals surface area contributed by atoms with Crippen LogP contribution in [0.5, 0.6) is 5.75 Å². The number of nitrogens with zero attached hydrogens (tertiary/aromatic N) is 1. The fourth-order valence-electron chi connectivity index (χ4n) is 2.69. The largest absolute Gasteiger partial charge is 0.489 e. The molecule has 30 heavy (non-hydrogen) atoms. The first-order valence-corrected chi connectivity index (χ1v) is 10.0. The molecule has 1 unspecified atom stereocenters. The lowest BCUT2D eigenvalue weighted by Crippen LogP contribution is -2.45. The van der Waals surface area contributed by atoms with Crippen LogP contribution in [0.25, 0.3) is 0 Å². The maximum Gasteiger partial charge on any atom is 0.241 e. The van der Waals surface area contributed by atoms with E-state index in [1.807, 2.05) is 42.5 Å². The number of nitrogens with one attached hydrogen (secondary N) is 2. The topological polar surface area (TPSA) is 79.9 Å².